The van der Waals surface area contributed by atoms with E-state index in [0.29, 0.717) is 38.3 Å². The Labute approximate surface area is 227 Å². The van der Waals surface area contributed by atoms with Crippen LogP contribution in [-0.4, -0.2) is 31.0 Å². The number of halogens is 2. The number of methoxy groups -OCH3 is 1. The van der Waals surface area contributed by atoms with E-state index in [2.05, 4.69) is 0 Å². The average Bonchev–Trinajstić information content (AvgIpc) is 3.54. The number of rotatable bonds is 4. The topological polar surface area (TPSA) is 76.2 Å². The molecule has 6 rings (SSSR count). The van der Waals surface area contributed by atoms with Gasteiger partial charge in [-0.25, -0.2) is 14.8 Å². The highest BCUT2D eigenvalue weighted by Crippen LogP contribution is 2.51. The highest BCUT2D eigenvalue weighted by atomic mass is 35.5. The third kappa shape index (κ3) is 3.85. The first-order valence-corrected chi connectivity index (χ1v) is 13.5. The van der Waals surface area contributed by atoms with Gasteiger partial charge in [0, 0.05) is 14.9 Å². The summed E-state index contributed by atoms with van der Waals surface area (Å²) in [6.45, 7) is 0. The van der Waals surface area contributed by atoms with Gasteiger partial charge in [-0.05, 0) is 61.1 Å². The standard InChI is InChI=1S/C27H22Cl2N2O5S/c1-35-27(34)20-17-9-5-6-10-19(17)37-26(20)30-24(32)21-22(16-12-11-14(28)13-18(16)29)31(36-23(21)25(30)33)15-7-3-2-4-8-15/h2-4,7-8,11-13,21-23H,5-6,9-10H2,1H3/t21-,22-,23+/m0/s1. The van der Waals surface area contributed by atoms with Crippen LogP contribution in [0, 0.1) is 5.92 Å². The average molecular weight is 557 g/mol. The van der Waals surface area contributed by atoms with Crippen LogP contribution in [-0.2, 0) is 32.0 Å². The molecule has 0 N–H and O–H groups in total. The number of thiophene rings is 1. The molecular formula is C27H22Cl2N2O5S. The van der Waals surface area contributed by atoms with Crippen molar-refractivity contribution in [3.8, 4) is 0 Å². The van der Waals surface area contributed by atoms with Gasteiger partial charge in [-0.15, -0.1) is 11.3 Å². The summed E-state index contributed by atoms with van der Waals surface area (Å²) in [5.41, 5.74) is 2.48. The summed E-state index contributed by atoms with van der Waals surface area (Å²) in [6.07, 6.45) is 2.36. The zero-order chi connectivity index (χ0) is 25.8. The molecule has 0 saturated carbocycles. The lowest BCUT2D eigenvalue weighted by Crippen LogP contribution is -2.37. The zero-order valence-corrected chi connectivity index (χ0v) is 22.1. The van der Waals surface area contributed by atoms with E-state index in [4.69, 9.17) is 32.8 Å². The molecule has 0 bridgehead atoms. The van der Waals surface area contributed by atoms with Crippen molar-refractivity contribution in [2.45, 2.75) is 37.8 Å². The number of para-hydroxylation sites is 1. The van der Waals surface area contributed by atoms with Crippen LogP contribution in [0.4, 0.5) is 10.7 Å². The van der Waals surface area contributed by atoms with Crippen molar-refractivity contribution in [1.29, 1.82) is 0 Å². The van der Waals surface area contributed by atoms with E-state index in [1.807, 2.05) is 30.3 Å². The van der Waals surface area contributed by atoms with Crippen LogP contribution in [0.3, 0.4) is 0 Å². The Bertz CT molecular complexity index is 1430. The quantitative estimate of drug-likeness (QED) is 0.300. The van der Waals surface area contributed by atoms with Crippen LogP contribution in [0.5, 0.6) is 0 Å². The summed E-state index contributed by atoms with van der Waals surface area (Å²) in [6, 6.07) is 13.6. The number of hydrogen-bond acceptors (Lipinski definition) is 7. The molecule has 3 atom stereocenters. The molecule has 1 aliphatic carbocycles. The number of fused-ring (bicyclic) bond motifs is 2. The molecule has 2 saturated heterocycles. The first kappa shape index (κ1) is 24.4. The molecule has 3 aliphatic rings. The fraction of sp³-hybridized carbons (Fsp3) is 0.296. The number of aryl methyl sites for hydroxylation is 1. The van der Waals surface area contributed by atoms with Crippen molar-refractivity contribution in [2.24, 2.45) is 5.92 Å². The number of carbonyl (C=O) groups excluding carboxylic acids is 3. The number of nitrogens with zero attached hydrogens (tertiary/aromatic N) is 2. The normalized spacial score (nSPS) is 22.8. The summed E-state index contributed by atoms with van der Waals surface area (Å²) >= 11 is 14.1. The van der Waals surface area contributed by atoms with Gasteiger partial charge in [0.05, 0.1) is 24.4 Å². The summed E-state index contributed by atoms with van der Waals surface area (Å²) < 4.78 is 5.07. The third-order valence-electron chi connectivity index (χ3n) is 7.15. The maximum atomic E-state index is 14.1. The summed E-state index contributed by atoms with van der Waals surface area (Å²) in [7, 11) is 1.31. The van der Waals surface area contributed by atoms with Gasteiger partial charge in [-0.2, -0.15) is 0 Å². The predicted molar refractivity (Wildman–Crippen MR) is 141 cm³/mol. The molecule has 2 fully saturated rings. The fourth-order valence-corrected chi connectivity index (χ4v) is 7.40. The number of hydroxylamine groups is 1. The lowest BCUT2D eigenvalue weighted by Gasteiger charge is -2.29. The Kier molecular flexibility index (Phi) is 6.23. The number of esters is 1. The van der Waals surface area contributed by atoms with Crippen molar-refractivity contribution in [1.82, 2.24) is 0 Å². The van der Waals surface area contributed by atoms with Crippen LogP contribution in [0.1, 0.15) is 45.2 Å². The molecule has 2 aliphatic heterocycles. The number of amides is 2. The molecule has 0 radical (unpaired) electrons. The SMILES string of the molecule is COC(=O)c1c(N2C(=O)[C@@H]3[C@@H](ON(c4ccccc4)[C@H]3c3ccc(Cl)cc3Cl)C2=O)sc2c1CCCC2. The molecule has 3 heterocycles. The third-order valence-corrected chi connectivity index (χ3v) is 8.99. The highest BCUT2D eigenvalue weighted by molar-refractivity contribution is 7.17. The van der Waals surface area contributed by atoms with E-state index in [-0.39, 0.29) is 0 Å². The monoisotopic (exact) mass is 556 g/mol. The maximum Gasteiger partial charge on any atom is 0.341 e. The highest BCUT2D eigenvalue weighted by Gasteiger charge is 2.61. The van der Waals surface area contributed by atoms with Crippen molar-refractivity contribution in [3.05, 3.63) is 80.1 Å². The second-order valence-corrected chi connectivity index (χ2v) is 11.1. The molecule has 7 nitrogen and oxygen atoms in total. The smallest absolute Gasteiger partial charge is 0.341 e. The second kappa shape index (κ2) is 9.44. The van der Waals surface area contributed by atoms with Crippen molar-refractivity contribution in [2.75, 3.05) is 17.1 Å². The molecule has 190 valence electrons. The molecule has 1 aromatic heterocycles. The van der Waals surface area contributed by atoms with E-state index < -0.39 is 35.8 Å². The predicted octanol–water partition coefficient (Wildman–Crippen LogP) is 5.77. The fourth-order valence-electron chi connectivity index (χ4n) is 5.49. The number of ether oxygens (including phenoxy) is 1. The van der Waals surface area contributed by atoms with Gasteiger partial charge in [0.2, 0.25) is 5.91 Å². The van der Waals surface area contributed by atoms with Gasteiger partial charge in [0.1, 0.15) is 10.9 Å². The van der Waals surface area contributed by atoms with Crippen LogP contribution >= 0.6 is 34.5 Å². The Morgan fingerprint density at radius 1 is 1.05 bits per heavy atom. The minimum absolute atomic E-state index is 0.310. The largest absolute Gasteiger partial charge is 0.465 e. The van der Waals surface area contributed by atoms with Gasteiger partial charge >= 0.3 is 5.97 Å². The van der Waals surface area contributed by atoms with E-state index in [0.717, 1.165) is 34.6 Å². The first-order valence-electron chi connectivity index (χ1n) is 12.0. The Morgan fingerprint density at radius 2 is 1.81 bits per heavy atom. The van der Waals surface area contributed by atoms with Crippen LogP contribution < -0.4 is 9.96 Å². The molecule has 10 heteroatoms. The molecule has 2 aromatic carbocycles. The number of hydrogen-bond donors (Lipinski definition) is 0. The number of carbonyl (C=O) groups is 3. The van der Waals surface area contributed by atoms with Crippen molar-refractivity contribution in [3.63, 3.8) is 0 Å². The van der Waals surface area contributed by atoms with E-state index in [1.54, 1.807) is 23.3 Å². The molecular weight excluding hydrogens is 535 g/mol. The second-order valence-electron chi connectivity index (χ2n) is 9.22. The maximum absolute atomic E-state index is 14.1. The Hall–Kier alpha value is -2.91. The molecule has 0 unspecified atom stereocenters. The molecule has 2 amide bonds. The van der Waals surface area contributed by atoms with Gasteiger partial charge in [-0.3, -0.25) is 14.4 Å². The first-order chi connectivity index (χ1) is 17.9. The van der Waals surface area contributed by atoms with Gasteiger partial charge in [0.25, 0.3) is 5.91 Å². The van der Waals surface area contributed by atoms with Crippen LogP contribution in [0.25, 0.3) is 0 Å². The van der Waals surface area contributed by atoms with E-state index in [9.17, 15) is 14.4 Å². The zero-order valence-electron chi connectivity index (χ0n) is 19.8. The van der Waals surface area contributed by atoms with Crippen molar-refractivity contribution < 1.29 is 24.0 Å². The summed E-state index contributed by atoms with van der Waals surface area (Å²) in [5, 5.41) is 2.72. The van der Waals surface area contributed by atoms with Gasteiger partial charge < -0.3 is 4.74 Å². The van der Waals surface area contributed by atoms with E-state index >= 15 is 0 Å². The minimum atomic E-state index is -1.07. The lowest BCUT2D eigenvalue weighted by atomic mass is 9.90. The van der Waals surface area contributed by atoms with Crippen molar-refractivity contribution >= 4 is 63.0 Å². The Morgan fingerprint density at radius 3 is 2.54 bits per heavy atom. The number of imide groups is 1. The van der Waals surface area contributed by atoms with Crippen LogP contribution in [0.15, 0.2) is 48.5 Å². The summed E-state index contributed by atoms with van der Waals surface area (Å²) in [5.74, 6) is -2.37. The molecule has 0 spiro atoms. The molecule has 37 heavy (non-hydrogen) atoms. The molecule has 3 aromatic rings. The van der Waals surface area contributed by atoms with Gasteiger partial charge in [0.15, 0.2) is 6.10 Å². The lowest BCUT2D eigenvalue weighted by molar-refractivity contribution is -0.126. The minimum Gasteiger partial charge on any atom is -0.465 e. The van der Waals surface area contributed by atoms with Crippen LogP contribution in [0.2, 0.25) is 10.0 Å². The number of benzene rings is 2. The number of anilines is 2. The summed E-state index contributed by atoms with van der Waals surface area (Å²) in [4.78, 5) is 49.1. The Balaban J connectivity index is 1.47. The van der Waals surface area contributed by atoms with Gasteiger partial charge in [-0.1, -0.05) is 47.5 Å². The van der Waals surface area contributed by atoms with E-state index in [1.165, 1.54) is 18.4 Å².